The van der Waals surface area contributed by atoms with E-state index in [1.165, 1.54) is 0 Å². The smallest absolute Gasteiger partial charge is 0.272 e. The Kier molecular flexibility index (Phi) is 9.91. The first-order chi connectivity index (χ1) is 26.2. The van der Waals surface area contributed by atoms with Crippen LogP contribution in [0.4, 0.5) is 0 Å². The zero-order valence-electron chi connectivity index (χ0n) is 28.8. The molecule has 0 saturated carbocycles. The topological polar surface area (TPSA) is 97.1 Å². The van der Waals surface area contributed by atoms with Gasteiger partial charge in [-0.15, -0.1) is 0 Å². The van der Waals surface area contributed by atoms with Gasteiger partial charge >= 0.3 is 0 Å². The number of likely N-dealkylation sites (N-methyl/N-ethyl adjacent to an activating group) is 1. The number of nitrogens with one attached hydrogen (secondary N) is 2. The lowest BCUT2D eigenvalue weighted by atomic mass is 10.1. The van der Waals surface area contributed by atoms with Crippen molar-refractivity contribution in [2.24, 2.45) is 0 Å². The number of carbonyl (C=O) groups is 2. The van der Waals surface area contributed by atoms with Gasteiger partial charge in [-0.25, -0.2) is 9.36 Å². The molecular formula is C41H31Cl4N7O2. The van der Waals surface area contributed by atoms with Crippen molar-refractivity contribution in [3.05, 3.63) is 141 Å². The maximum atomic E-state index is 13.6. The van der Waals surface area contributed by atoms with Gasteiger partial charge in [-0.2, -0.15) is 10.2 Å². The molecule has 2 aromatic heterocycles. The molecule has 0 aliphatic heterocycles. The molecule has 13 heteroatoms. The van der Waals surface area contributed by atoms with Gasteiger partial charge in [0.1, 0.15) is 0 Å². The Hall–Kier alpha value is -5.16. The second kappa shape index (κ2) is 14.9. The number of nitrogens with zero attached hydrogens (tertiary/aromatic N) is 5. The van der Waals surface area contributed by atoms with Crippen LogP contribution >= 0.6 is 46.4 Å². The van der Waals surface area contributed by atoms with Gasteiger partial charge in [0.2, 0.25) is 0 Å². The van der Waals surface area contributed by atoms with Crippen LogP contribution in [0.3, 0.4) is 0 Å². The first kappa shape index (κ1) is 35.8. The van der Waals surface area contributed by atoms with E-state index in [0.29, 0.717) is 68.4 Å². The van der Waals surface area contributed by atoms with Crippen molar-refractivity contribution in [3.8, 4) is 11.4 Å². The fourth-order valence-electron chi connectivity index (χ4n) is 6.75. The normalized spacial score (nSPS) is 11.7. The highest BCUT2D eigenvalue weighted by Crippen LogP contribution is 2.35. The molecule has 6 aromatic carbocycles. The molecule has 0 fully saturated rings. The highest BCUT2D eigenvalue weighted by Gasteiger charge is 2.23. The average Bonchev–Trinajstić information content (AvgIpc) is 3.75. The summed E-state index contributed by atoms with van der Waals surface area (Å²) in [7, 11) is 1.93. The van der Waals surface area contributed by atoms with Gasteiger partial charge in [0.05, 0.1) is 32.5 Å². The second-order valence-electron chi connectivity index (χ2n) is 12.9. The molecule has 8 aromatic rings. The van der Waals surface area contributed by atoms with E-state index in [4.69, 9.17) is 56.6 Å². The number of amides is 2. The maximum absolute atomic E-state index is 13.6. The Morgan fingerprint density at radius 1 is 0.574 bits per heavy atom. The Bertz CT molecular complexity index is 2570. The molecule has 2 heterocycles. The van der Waals surface area contributed by atoms with Crippen LogP contribution < -0.4 is 10.6 Å². The summed E-state index contributed by atoms with van der Waals surface area (Å²) in [6, 6.07) is 34.0. The molecular weight excluding hydrogens is 764 g/mol. The van der Waals surface area contributed by atoms with E-state index in [1.54, 1.807) is 45.8 Å². The van der Waals surface area contributed by atoms with E-state index >= 15 is 0 Å². The molecule has 0 aliphatic rings. The highest BCUT2D eigenvalue weighted by molar-refractivity contribution is 6.36. The summed E-state index contributed by atoms with van der Waals surface area (Å²) in [6.45, 7) is 1.78. The summed E-state index contributed by atoms with van der Waals surface area (Å²) in [5.74, 6) is -0.617. The number of hydrogen-bond donors (Lipinski definition) is 2. The summed E-state index contributed by atoms with van der Waals surface area (Å²) < 4.78 is 3.41. The number of benzene rings is 6. The third kappa shape index (κ3) is 6.74. The SMILES string of the molecule is CN(CCNC(=O)c1nn(-c2ccc(Cl)cc2Cl)c2c1ccc1ccccc12)CCNC(=O)c1nn(-c2ccc(Cl)cc2Cl)c2c1ccc1ccccc12. The summed E-state index contributed by atoms with van der Waals surface area (Å²) in [5, 5.41) is 22.7. The Labute approximate surface area is 329 Å². The lowest BCUT2D eigenvalue weighted by Gasteiger charge is -2.17. The molecule has 0 bridgehead atoms. The average molecular weight is 796 g/mol. The predicted octanol–water partition coefficient (Wildman–Crippen LogP) is 9.38. The van der Waals surface area contributed by atoms with Crippen molar-refractivity contribution < 1.29 is 9.59 Å². The molecule has 270 valence electrons. The molecule has 0 aliphatic carbocycles. The second-order valence-corrected chi connectivity index (χ2v) is 14.6. The fraction of sp³-hybridized carbons (Fsp3) is 0.122. The van der Waals surface area contributed by atoms with E-state index in [-0.39, 0.29) is 23.2 Å². The van der Waals surface area contributed by atoms with Gasteiger partial charge in [-0.3, -0.25) is 9.59 Å². The molecule has 2 amide bonds. The Balaban J connectivity index is 0.951. The highest BCUT2D eigenvalue weighted by atomic mass is 35.5. The van der Waals surface area contributed by atoms with Crippen molar-refractivity contribution >= 4 is 102 Å². The first-order valence-electron chi connectivity index (χ1n) is 17.1. The minimum Gasteiger partial charge on any atom is -0.349 e. The molecule has 9 nitrogen and oxygen atoms in total. The molecule has 54 heavy (non-hydrogen) atoms. The summed E-state index contributed by atoms with van der Waals surface area (Å²) in [6.07, 6.45) is 0. The van der Waals surface area contributed by atoms with E-state index in [2.05, 4.69) is 10.6 Å². The fourth-order valence-corrected chi connectivity index (χ4v) is 7.72. The van der Waals surface area contributed by atoms with Crippen LogP contribution in [0.5, 0.6) is 0 Å². The minimum atomic E-state index is -0.309. The van der Waals surface area contributed by atoms with Gasteiger partial charge < -0.3 is 15.5 Å². The van der Waals surface area contributed by atoms with Crippen LogP contribution in [-0.4, -0.2) is 69.5 Å². The molecule has 0 radical (unpaired) electrons. The molecule has 0 unspecified atom stereocenters. The van der Waals surface area contributed by atoms with Crippen LogP contribution in [-0.2, 0) is 0 Å². The van der Waals surface area contributed by atoms with Crippen molar-refractivity contribution in [2.45, 2.75) is 0 Å². The third-order valence-corrected chi connectivity index (χ3v) is 10.5. The summed E-state index contributed by atoms with van der Waals surface area (Å²) in [4.78, 5) is 29.2. The summed E-state index contributed by atoms with van der Waals surface area (Å²) >= 11 is 25.6. The van der Waals surface area contributed by atoms with Crippen LogP contribution in [0.2, 0.25) is 20.1 Å². The maximum Gasteiger partial charge on any atom is 0.272 e. The molecule has 0 spiro atoms. The number of aromatic nitrogens is 4. The number of halogens is 4. The van der Waals surface area contributed by atoms with Gasteiger partial charge in [-0.05, 0) is 66.4 Å². The number of fused-ring (bicyclic) bond motifs is 6. The zero-order valence-corrected chi connectivity index (χ0v) is 31.8. The molecule has 0 atom stereocenters. The van der Waals surface area contributed by atoms with Crippen LogP contribution in [0.25, 0.3) is 54.7 Å². The van der Waals surface area contributed by atoms with Crippen LogP contribution in [0, 0.1) is 0 Å². The molecule has 8 rings (SSSR count). The molecule has 0 saturated heterocycles. The van der Waals surface area contributed by atoms with Crippen molar-refractivity contribution in [1.82, 2.24) is 35.1 Å². The van der Waals surface area contributed by atoms with Crippen LogP contribution in [0.15, 0.2) is 109 Å². The zero-order chi connectivity index (χ0) is 37.5. The predicted molar refractivity (Wildman–Crippen MR) is 219 cm³/mol. The molecule has 2 N–H and O–H groups in total. The van der Waals surface area contributed by atoms with Gasteiger partial charge in [0, 0.05) is 57.8 Å². The number of carbonyl (C=O) groups excluding carboxylic acids is 2. The minimum absolute atomic E-state index is 0.288. The number of hydrogen-bond acceptors (Lipinski definition) is 5. The lowest BCUT2D eigenvalue weighted by Crippen LogP contribution is -2.37. The van der Waals surface area contributed by atoms with Gasteiger partial charge in [0.15, 0.2) is 11.4 Å². The lowest BCUT2D eigenvalue weighted by molar-refractivity contribution is 0.0944. The van der Waals surface area contributed by atoms with E-state index in [1.807, 2.05) is 84.7 Å². The van der Waals surface area contributed by atoms with E-state index in [9.17, 15) is 9.59 Å². The first-order valence-corrected chi connectivity index (χ1v) is 18.7. The standard InChI is InChI=1S/C41H31Cl4N7O2/c1-50(20-18-46-40(53)36-30-14-10-24-6-2-4-8-28(24)38(30)51(48-36)34-16-12-26(42)22-32(34)44)21-19-47-41(54)37-31-15-11-25-7-3-5-9-29(25)39(31)52(49-37)35-17-13-27(43)23-33(35)45/h2-17,22-23H,18-21H2,1H3,(H,46,53)(H,47,54). The largest absolute Gasteiger partial charge is 0.349 e. The third-order valence-electron chi connectivity index (χ3n) is 9.40. The monoisotopic (exact) mass is 793 g/mol. The Morgan fingerprint density at radius 2 is 1.00 bits per heavy atom. The van der Waals surface area contributed by atoms with Crippen LogP contribution in [0.1, 0.15) is 21.0 Å². The van der Waals surface area contributed by atoms with Gasteiger partial charge in [-0.1, -0.05) is 107 Å². The Morgan fingerprint density at radius 3 is 1.43 bits per heavy atom. The van der Waals surface area contributed by atoms with Crippen molar-refractivity contribution in [2.75, 3.05) is 33.2 Å². The quantitative estimate of drug-likeness (QED) is 0.144. The van der Waals surface area contributed by atoms with E-state index in [0.717, 1.165) is 32.6 Å². The summed E-state index contributed by atoms with van der Waals surface area (Å²) in [5.41, 5.74) is 3.36. The van der Waals surface area contributed by atoms with Crippen molar-refractivity contribution in [3.63, 3.8) is 0 Å². The van der Waals surface area contributed by atoms with Crippen molar-refractivity contribution in [1.29, 1.82) is 0 Å². The van der Waals surface area contributed by atoms with Gasteiger partial charge in [0.25, 0.3) is 11.8 Å². The number of rotatable bonds is 10. The van der Waals surface area contributed by atoms with E-state index < -0.39 is 0 Å².